The van der Waals surface area contributed by atoms with E-state index in [4.69, 9.17) is 0 Å². The Kier molecular flexibility index (Phi) is 12.1. The van der Waals surface area contributed by atoms with E-state index in [0.29, 0.717) is 19.5 Å². The predicted molar refractivity (Wildman–Crippen MR) is 202 cm³/mol. The summed E-state index contributed by atoms with van der Waals surface area (Å²) in [7, 11) is -8.22. The van der Waals surface area contributed by atoms with Gasteiger partial charge in [0.15, 0.2) is 5.71 Å². The molecule has 2 aromatic rings. The van der Waals surface area contributed by atoms with Gasteiger partial charge in [-0.3, -0.25) is 13.9 Å². The Morgan fingerprint density at radius 1 is 0.880 bits per heavy atom. The van der Waals surface area contributed by atoms with Gasteiger partial charge in [-0.2, -0.15) is 21.4 Å². The predicted octanol–water partition coefficient (Wildman–Crippen LogP) is 7.71. The minimum atomic E-state index is -4.12. The van der Waals surface area contributed by atoms with Crippen LogP contribution >= 0.6 is 0 Å². The number of allylic oxidation sites excluding steroid dienone is 4. The Morgan fingerprint density at radius 3 is 2.20 bits per heavy atom. The summed E-state index contributed by atoms with van der Waals surface area (Å²) in [4.78, 5) is 14.7. The standard InChI is InChI=1S/C39H54N2O7S2/c1-29-21-22-33-31(28-29)38(5,6)34(40(33)24-14-26-49(43,44)45)18-13-19-35-39(7,23-12-8-9-20-36(42)37(2,3)4)30-16-10-11-17-32(30)41(35)25-15-27-50(46,47)48/h10-11,13,16-19,21-22,28H,8-9,12,14-15,20,23-27H2,1-7H3,(H-,43,44,45,46,47,48)/p+1. The van der Waals surface area contributed by atoms with Crippen molar-refractivity contribution >= 4 is 43.1 Å². The number of unbranched alkanes of at least 4 members (excludes halogenated alkanes) is 2. The van der Waals surface area contributed by atoms with Gasteiger partial charge >= 0.3 is 0 Å². The van der Waals surface area contributed by atoms with Gasteiger partial charge in [0.2, 0.25) is 5.69 Å². The van der Waals surface area contributed by atoms with Crippen LogP contribution in [0.25, 0.3) is 0 Å². The zero-order chi connectivity index (χ0) is 37.1. The fourth-order valence-electron chi connectivity index (χ4n) is 7.41. The van der Waals surface area contributed by atoms with Crippen molar-refractivity contribution in [3.8, 4) is 0 Å². The molecule has 2 aliphatic heterocycles. The number of hydrogen-bond donors (Lipinski definition) is 2. The molecule has 0 aliphatic carbocycles. The zero-order valence-electron chi connectivity index (χ0n) is 30.7. The summed E-state index contributed by atoms with van der Waals surface area (Å²) in [6.07, 6.45) is 10.7. The minimum Gasteiger partial charge on any atom is -0.344 e. The molecule has 2 aliphatic rings. The maximum Gasteiger partial charge on any atom is 0.265 e. The summed E-state index contributed by atoms with van der Waals surface area (Å²) in [5.41, 5.74) is 6.36. The molecule has 11 heteroatoms. The summed E-state index contributed by atoms with van der Waals surface area (Å²) in [6, 6.07) is 14.5. The van der Waals surface area contributed by atoms with Crippen LogP contribution in [-0.4, -0.2) is 66.6 Å². The molecule has 2 aromatic carbocycles. The first kappa shape index (κ1) is 39.7. The second-order valence-corrected chi connectivity index (χ2v) is 18.8. The number of hydrogen-bond acceptors (Lipinski definition) is 6. The number of para-hydroxylation sites is 1. The number of carbonyl (C=O) groups excluding carboxylic acids is 1. The molecule has 2 N–H and O–H groups in total. The fourth-order valence-corrected chi connectivity index (χ4v) is 8.39. The molecular weight excluding hydrogens is 673 g/mol. The molecule has 0 spiro atoms. The molecule has 50 heavy (non-hydrogen) atoms. The van der Waals surface area contributed by atoms with Crippen LogP contribution in [0.1, 0.15) is 103 Å². The number of anilines is 1. The van der Waals surface area contributed by atoms with Gasteiger partial charge in [-0.15, -0.1) is 0 Å². The Balaban J connectivity index is 1.72. The molecule has 274 valence electrons. The quantitative estimate of drug-likeness (QED) is 0.102. The lowest BCUT2D eigenvalue weighted by Gasteiger charge is -2.30. The number of benzene rings is 2. The molecule has 0 saturated carbocycles. The molecule has 9 nitrogen and oxygen atoms in total. The lowest BCUT2D eigenvalue weighted by Crippen LogP contribution is -2.30. The van der Waals surface area contributed by atoms with Crippen molar-refractivity contribution in [1.82, 2.24) is 0 Å². The van der Waals surface area contributed by atoms with Crippen LogP contribution in [0.2, 0.25) is 0 Å². The maximum atomic E-state index is 12.5. The van der Waals surface area contributed by atoms with Crippen molar-refractivity contribution in [3.63, 3.8) is 0 Å². The van der Waals surface area contributed by atoms with Gasteiger partial charge < -0.3 is 4.90 Å². The molecule has 0 bridgehead atoms. The van der Waals surface area contributed by atoms with E-state index in [-0.39, 0.29) is 41.0 Å². The first-order valence-electron chi connectivity index (χ1n) is 17.6. The molecule has 0 fully saturated rings. The van der Waals surface area contributed by atoms with E-state index in [2.05, 4.69) is 73.6 Å². The number of rotatable bonds is 16. The van der Waals surface area contributed by atoms with Crippen LogP contribution in [0.3, 0.4) is 0 Å². The number of ketones is 1. The largest absolute Gasteiger partial charge is 0.344 e. The minimum absolute atomic E-state index is 0.250. The smallest absolute Gasteiger partial charge is 0.265 e. The van der Waals surface area contributed by atoms with Gasteiger partial charge in [0.25, 0.3) is 20.2 Å². The Bertz CT molecular complexity index is 1900. The van der Waals surface area contributed by atoms with Gasteiger partial charge in [0.05, 0.1) is 16.9 Å². The second-order valence-electron chi connectivity index (χ2n) is 15.6. The highest BCUT2D eigenvalue weighted by Crippen LogP contribution is 2.51. The normalized spacial score (nSPS) is 19.9. The first-order valence-corrected chi connectivity index (χ1v) is 20.8. The third kappa shape index (κ3) is 9.40. The summed E-state index contributed by atoms with van der Waals surface area (Å²) in [5.74, 6) is -0.399. The van der Waals surface area contributed by atoms with Crippen LogP contribution in [0.4, 0.5) is 11.4 Å². The third-order valence-corrected chi connectivity index (χ3v) is 11.8. The van der Waals surface area contributed by atoms with Gasteiger partial charge in [-0.1, -0.05) is 69.5 Å². The molecule has 0 amide bonds. The average Bonchev–Trinajstić information content (AvgIpc) is 3.35. The average molecular weight is 728 g/mol. The zero-order valence-corrected chi connectivity index (χ0v) is 32.3. The molecular formula is C39H55N2O7S2+. The van der Waals surface area contributed by atoms with Crippen LogP contribution < -0.4 is 4.90 Å². The highest BCUT2D eigenvalue weighted by molar-refractivity contribution is 7.86. The molecule has 1 atom stereocenters. The van der Waals surface area contributed by atoms with Gasteiger partial charge in [0, 0.05) is 59.3 Å². The molecule has 0 aromatic heterocycles. The topological polar surface area (TPSA) is 132 Å². The van der Waals surface area contributed by atoms with Gasteiger partial charge in [-0.25, -0.2) is 0 Å². The van der Waals surface area contributed by atoms with E-state index in [1.54, 1.807) is 0 Å². The van der Waals surface area contributed by atoms with E-state index >= 15 is 0 Å². The Morgan fingerprint density at radius 2 is 1.54 bits per heavy atom. The van der Waals surface area contributed by atoms with E-state index < -0.39 is 25.7 Å². The molecule has 0 radical (unpaired) electrons. The van der Waals surface area contributed by atoms with Crippen molar-refractivity contribution in [2.45, 2.75) is 104 Å². The maximum absolute atomic E-state index is 12.5. The highest BCUT2D eigenvalue weighted by atomic mass is 32.2. The van der Waals surface area contributed by atoms with Crippen molar-refractivity contribution in [1.29, 1.82) is 0 Å². The SMILES string of the molecule is Cc1ccc2c(c1)C(C)(C)C(C=CC=C1N(CCCS(=O)(=O)O)c3ccccc3C1(C)CCCCCC(=O)C(C)(C)C)=[N+]2CCCS(=O)(=O)O. The third-order valence-electron chi connectivity index (χ3n) is 10.2. The summed E-state index contributed by atoms with van der Waals surface area (Å²) < 4.78 is 67.5. The van der Waals surface area contributed by atoms with Gasteiger partial charge in [-0.05, 0) is 70.7 Å². The molecule has 0 saturated heterocycles. The Hall–Kier alpha value is -3.12. The molecule has 2 heterocycles. The highest BCUT2D eigenvalue weighted by Gasteiger charge is 2.45. The summed E-state index contributed by atoms with van der Waals surface area (Å²) >= 11 is 0. The number of Topliss-reactive ketones (excluding diaryl/α,β-unsaturated/α-hetero) is 1. The van der Waals surface area contributed by atoms with E-state index in [1.165, 1.54) is 0 Å². The van der Waals surface area contributed by atoms with Crippen molar-refractivity contribution in [2.24, 2.45) is 5.41 Å². The van der Waals surface area contributed by atoms with E-state index in [1.807, 2.05) is 45.0 Å². The van der Waals surface area contributed by atoms with E-state index in [9.17, 15) is 30.7 Å². The van der Waals surface area contributed by atoms with Crippen LogP contribution in [-0.2, 0) is 35.9 Å². The first-order chi connectivity index (χ1) is 23.1. The van der Waals surface area contributed by atoms with E-state index in [0.717, 1.165) is 65.2 Å². The van der Waals surface area contributed by atoms with Gasteiger partial charge in [0.1, 0.15) is 12.3 Å². The molecule has 1 unspecified atom stereocenters. The fraction of sp³-hybridized carbons (Fsp3) is 0.538. The van der Waals surface area contributed by atoms with Crippen molar-refractivity contribution < 1.29 is 35.3 Å². The lowest BCUT2D eigenvalue weighted by molar-refractivity contribution is -0.437. The molecule has 4 rings (SSSR count). The second kappa shape index (κ2) is 15.2. The number of aryl methyl sites for hydroxylation is 1. The number of fused-ring (bicyclic) bond motifs is 2. The Labute approximate surface area is 299 Å². The van der Waals surface area contributed by atoms with Crippen molar-refractivity contribution in [3.05, 3.63) is 83.1 Å². The monoisotopic (exact) mass is 727 g/mol. The van der Waals surface area contributed by atoms with Crippen LogP contribution in [0.15, 0.2) is 66.4 Å². The number of nitrogens with zero attached hydrogens (tertiary/aromatic N) is 2. The summed E-state index contributed by atoms with van der Waals surface area (Å²) in [6.45, 7) is 15.3. The lowest BCUT2D eigenvalue weighted by atomic mass is 9.76. The van der Waals surface area contributed by atoms with Crippen LogP contribution in [0, 0.1) is 12.3 Å². The van der Waals surface area contributed by atoms with Crippen LogP contribution in [0.5, 0.6) is 0 Å². The summed E-state index contributed by atoms with van der Waals surface area (Å²) in [5, 5.41) is 0. The van der Waals surface area contributed by atoms with Crippen molar-refractivity contribution in [2.75, 3.05) is 29.5 Å². The number of carbonyl (C=O) groups is 1.